The van der Waals surface area contributed by atoms with Gasteiger partial charge < -0.3 is 15.1 Å². The molecular weight excluding hydrogens is 284 g/mol. The number of para-hydroxylation sites is 1. The fourth-order valence-corrected chi connectivity index (χ4v) is 3.83. The van der Waals surface area contributed by atoms with Gasteiger partial charge in [-0.1, -0.05) is 24.6 Å². The van der Waals surface area contributed by atoms with Crippen molar-refractivity contribution in [2.45, 2.75) is 45.1 Å². The van der Waals surface area contributed by atoms with Gasteiger partial charge in [-0.15, -0.1) is 0 Å². The number of hydrogen-bond donors (Lipinski definition) is 1. The van der Waals surface area contributed by atoms with Gasteiger partial charge in [-0.2, -0.15) is 0 Å². The van der Waals surface area contributed by atoms with Gasteiger partial charge in [0.25, 0.3) is 0 Å². The molecular formula is C19H30N4. The number of hydrogen-bond acceptors (Lipinski definition) is 2. The zero-order chi connectivity index (χ0) is 16.1. The normalized spacial score (nSPS) is 22.3. The van der Waals surface area contributed by atoms with Gasteiger partial charge in [0.05, 0.1) is 0 Å². The van der Waals surface area contributed by atoms with Crippen LogP contribution >= 0.6 is 0 Å². The maximum atomic E-state index is 4.49. The Morgan fingerprint density at radius 1 is 1.26 bits per heavy atom. The summed E-state index contributed by atoms with van der Waals surface area (Å²) in [6, 6.07) is 9.42. The molecule has 0 aliphatic carbocycles. The molecule has 1 saturated heterocycles. The highest BCUT2D eigenvalue weighted by Gasteiger charge is 2.22. The number of aliphatic imine (C=N–C) groups is 1. The Hall–Kier alpha value is -1.55. The Kier molecular flexibility index (Phi) is 5.55. The van der Waals surface area contributed by atoms with Crippen molar-refractivity contribution < 1.29 is 0 Å². The molecule has 2 aliphatic heterocycles. The number of benzene rings is 1. The third-order valence-corrected chi connectivity index (χ3v) is 5.20. The quantitative estimate of drug-likeness (QED) is 0.527. The number of fused-ring (bicyclic) bond motifs is 1. The molecule has 3 rings (SSSR count). The van der Waals surface area contributed by atoms with Gasteiger partial charge in [-0.25, -0.2) is 0 Å². The van der Waals surface area contributed by atoms with Gasteiger partial charge in [0.15, 0.2) is 5.96 Å². The van der Waals surface area contributed by atoms with Gasteiger partial charge in [0.1, 0.15) is 0 Å². The van der Waals surface area contributed by atoms with Crippen LogP contribution in [-0.4, -0.2) is 50.1 Å². The SMILES string of the molecule is CN=C(NCCCN1CCCCC1C)N1CCc2ccccc21. The van der Waals surface area contributed by atoms with Gasteiger partial charge in [0.2, 0.25) is 0 Å². The summed E-state index contributed by atoms with van der Waals surface area (Å²) in [6.45, 7) is 6.86. The van der Waals surface area contributed by atoms with Crippen LogP contribution in [0.4, 0.5) is 5.69 Å². The average molecular weight is 314 g/mol. The second-order valence-electron chi connectivity index (χ2n) is 6.74. The molecule has 2 heterocycles. The van der Waals surface area contributed by atoms with Gasteiger partial charge in [0, 0.05) is 38.4 Å². The summed E-state index contributed by atoms with van der Waals surface area (Å²) in [6.07, 6.45) is 6.42. The molecule has 0 bridgehead atoms. The highest BCUT2D eigenvalue weighted by Crippen LogP contribution is 2.27. The highest BCUT2D eigenvalue weighted by molar-refractivity contribution is 5.97. The van der Waals surface area contributed by atoms with E-state index >= 15 is 0 Å². The molecule has 0 radical (unpaired) electrons. The molecule has 0 saturated carbocycles. The number of rotatable bonds is 4. The first-order valence-electron chi connectivity index (χ1n) is 9.09. The zero-order valence-corrected chi connectivity index (χ0v) is 14.6. The van der Waals surface area contributed by atoms with E-state index in [4.69, 9.17) is 0 Å². The molecule has 1 N–H and O–H groups in total. The van der Waals surface area contributed by atoms with E-state index in [1.807, 2.05) is 7.05 Å². The van der Waals surface area contributed by atoms with Crippen molar-refractivity contribution in [3.8, 4) is 0 Å². The van der Waals surface area contributed by atoms with E-state index in [2.05, 4.69) is 51.3 Å². The number of piperidine rings is 1. The Bertz CT molecular complexity index is 540. The zero-order valence-electron chi connectivity index (χ0n) is 14.6. The van der Waals surface area contributed by atoms with Crippen molar-refractivity contribution in [3.05, 3.63) is 29.8 Å². The third-order valence-electron chi connectivity index (χ3n) is 5.20. The van der Waals surface area contributed by atoms with Crippen LogP contribution < -0.4 is 10.2 Å². The average Bonchev–Trinajstić information content (AvgIpc) is 3.00. The standard InChI is InChI=1S/C19H30N4/c1-16-8-5-6-13-22(16)14-7-12-21-19(20-2)23-15-11-17-9-3-4-10-18(17)23/h3-4,9-10,16H,5-8,11-15H2,1-2H3,(H,20,21). The van der Waals surface area contributed by atoms with Crippen LogP contribution in [0, 0.1) is 0 Å². The van der Waals surface area contributed by atoms with Crippen LogP contribution in [0.2, 0.25) is 0 Å². The van der Waals surface area contributed by atoms with Crippen LogP contribution in [0.15, 0.2) is 29.3 Å². The molecule has 126 valence electrons. The summed E-state index contributed by atoms with van der Waals surface area (Å²) in [5, 5.41) is 3.56. The maximum Gasteiger partial charge on any atom is 0.198 e. The molecule has 0 spiro atoms. The van der Waals surface area contributed by atoms with E-state index in [1.54, 1.807) is 0 Å². The summed E-state index contributed by atoms with van der Waals surface area (Å²) >= 11 is 0. The number of likely N-dealkylation sites (tertiary alicyclic amines) is 1. The lowest BCUT2D eigenvalue weighted by molar-refractivity contribution is 0.159. The van der Waals surface area contributed by atoms with E-state index in [-0.39, 0.29) is 0 Å². The van der Waals surface area contributed by atoms with Crippen LogP contribution in [0.3, 0.4) is 0 Å². The summed E-state index contributed by atoms with van der Waals surface area (Å²) in [7, 11) is 1.88. The largest absolute Gasteiger partial charge is 0.356 e. The first kappa shape index (κ1) is 16.3. The Morgan fingerprint density at radius 3 is 2.96 bits per heavy atom. The van der Waals surface area contributed by atoms with E-state index in [1.165, 1.54) is 50.0 Å². The minimum atomic E-state index is 0.758. The lowest BCUT2D eigenvalue weighted by atomic mass is 10.0. The van der Waals surface area contributed by atoms with Gasteiger partial charge in [-0.3, -0.25) is 4.99 Å². The lowest BCUT2D eigenvalue weighted by Crippen LogP contribution is -2.43. The molecule has 2 aliphatic rings. The highest BCUT2D eigenvalue weighted by atomic mass is 15.3. The number of guanidine groups is 1. The summed E-state index contributed by atoms with van der Waals surface area (Å²) in [5.74, 6) is 1.02. The van der Waals surface area contributed by atoms with E-state index in [9.17, 15) is 0 Å². The smallest absolute Gasteiger partial charge is 0.198 e. The molecule has 1 aromatic carbocycles. The predicted octanol–water partition coefficient (Wildman–Crippen LogP) is 2.89. The Morgan fingerprint density at radius 2 is 2.13 bits per heavy atom. The van der Waals surface area contributed by atoms with Crippen molar-refractivity contribution in [1.29, 1.82) is 0 Å². The van der Waals surface area contributed by atoms with Crippen molar-refractivity contribution >= 4 is 11.6 Å². The molecule has 1 unspecified atom stereocenters. The van der Waals surface area contributed by atoms with Crippen LogP contribution in [0.5, 0.6) is 0 Å². The molecule has 23 heavy (non-hydrogen) atoms. The van der Waals surface area contributed by atoms with Crippen LogP contribution in [-0.2, 0) is 6.42 Å². The van der Waals surface area contributed by atoms with Crippen molar-refractivity contribution in [2.75, 3.05) is 38.1 Å². The molecule has 1 aromatic rings. The Balaban J connectivity index is 1.47. The topological polar surface area (TPSA) is 30.9 Å². The minimum absolute atomic E-state index is 0.758. The van der Waals surface area contributed by atoms with Crippen LogP contribution in [0.1, 0.15) is 38.2 Å². The van der Waals surface area contributed by atoms with E-state index in [0.29, 0.717) is 0 Å². The van der Waals surface area contributed by atoms with E-state index < -0.39 is 0 Å². The minimum Gasteiger partial charge on any atom is -0.356 e. The fourth-order valence-electron chi connectivity index (χ4n) is 3.83. The monoisotopic (exact) mass is 314 g/mol. The van der Waals surface area contributed by atoms with Crippen molar-refractivity contribution in [1.82, 2.24) is 10.2 Å². The van der Waals surface area contributed by atoms with Crippen molar-refractivity contribution in [3.63, 3.8) is 0 Å². The summed E-state index contributed by atoms with van der Waals surface area (Å²) in [5.41, 5.74) is 2.74. The van der Waals surface area contributed by atoms with Gasteiger partial charge >= 0.3 is 0 Å². The molecule has 1 fully saturated rings. The molecule has 0 amide bonds. The number of anilines is 1. The molecule has 1 atom stereocenters. The maximum absolute atomic E-state index is 4.49. The lowest BCUT2D eigenvalue weighted by Gasteiger charge is -2.33. The second kappa shape index (κ2) is 7.82. The van der Waals surface area contributed by atoms with Crippen LogP contribution in [0.25, 0.3) is 0 Å². The summed E-state index contributed by atoms with van der Waals surface area (Å²) in [4.78, 5) is 9.44. The second-order valence-corrected chi connectivity index (χ2v) is 6.74. The number of nitrogens with zero attached hydrogens (tertiary/aromatic N) is 3. The van der Waals surface area contributed by atoms with Gasteiger partial charge in [-0.05, 0) is 50.8 Å². The Labute approximate surface area is 140 Å². The summed E-state index contributed by atoms with van der Waals surface area (Å²) < 4.78 is 0. The van der Waals surface area contributed by atoms with E-state index in [0.717, 1.165) is 31.5 Å². The van der Waals surface area contributed by atoms with Crippen molar-refractivity contribution in [2.24, 2.45) is 4.99 Å². The third kappa shape index (κ3) is 3.86. The number of nitrogens with one attached hydrogen (secondary N) is 1. The first-order valence-corrected chi connectivity index (χ1v) is 9.09. The first-order chi connectivity index (χ1) is 11.3. The molecule has 4 heteroatoms. The fraction of sp³-hybridized carbons (Fsp3) is 0.632. The molecule has 0 aromatic heterocycles. The molecule has 4 nitrogen and oxygen atoms in total. The predicted molar refractivity (Wildman–Crippen MR) is 98.4 cm³/mol.